The topological polar surface area (TPSA) is 99.5 Å². The van der Waals surface area contributed by atoms with E-state index in [1.54, 1.807) is 22.6 Å². The number of sulfonamides is 1. The Labute approximate surface area is 227 Å². The van der Waals surface area contributed by atoms with Gasteiger partial charge in [-0.15, -0.1) is 23.1 Å². The lowest BCUT2D eigenvalue weighted by molar-refractivity contribution is 0.100. The molecular weight excluding hydrogens is 525 g/mol. The molecule has 7 nitrogen and oxygen atoms in total. The van der Waals surface area contributed by atoms with E-state index in [0.29, 0.717) is 18.7 Å². The van der Waals surface area contributed by atoms with E-state index in [-0.39, 0.29) is 11.7 Å². The number of carbonyl (C=O) groups excluding carboxylic acids is 1. The molecule has 1 saturated heterocycles. The van der Waals surface area contributed by atoms with Crippen LogP contribution in [0.25, 0.3) is 22.0 Å². The van der Waals surface area contributed by atoms with Crippen LogP contribution in [-0.2, 0) is 16.6 Å². The Bertz CT molecular complexity index is 1430. The molecule has 0 saturated carbocycles. The molecule has 2 aliphatic heterocycles. The van der Waals surface area contributed by atoms with Gasteiger partial charge in [-0.05, 0) is 84.3 Å². The van der Waals surface area contributed by atoms with Gasteiger partial charge in [-0.2, -0.15) is 0 Å². The van der Waals surface area contributed by atoms with E-state index in [1.165, 1.54) is 22.0 Å². The van der Waals surface area contributed by atoms with E-state index in [1.807, 2.05) is 24.0 Å². The zero-order valence-corrected chi connectivity index (χ0v) is 23.8. The molecule has 3 N–H and O–H groups in total. The number of fused-ring (bicyclic) bond motifs is 1. The number of aromatic nitrogens is 1. The number of thiophene rings is 1. The summed E-state index contributed by atoms with van der Waals surface area (Å²) in [5.41, 5.74) is 10.2. The number of amides is 1. The van der Waals surface area contributed by atoms with Gasteiger partial charge in [0.15, 0.2) is 0 Å². The predicted molar refractivity (Wildman–Crippen MR) is 155 cm³/mol. The molecular formula is C27H34N4O3S3. The van der Waals surface area contributed by atoms with Crippen molar-refractivity contribution in [2.45, 2.75) is 38.6 Å². The predicted octanol–water partition coefficient (Wildman–Crippen LogP) is 4.98. The number of nitrogens with one attached hydrogen (secondary N) is 1. The number of benzene rings is 1. The summed E-state index contributed by atoms with van der Waals surface area (Å²) >= 11 is 3.68. The molecule has 1 aromatic carbocycles. The third-order valence-corrected chi connectivity index (χ3v) is 11.3. The van der Waals surface area contributed by atoms with Gasteiger partial charge in [-0.1, -0.05) is 6.08 Å². The van der Waals surface area contributed by atoms with Crippen molar-refractivity contribution in [1.82, 2.24) is 14.2 Å². The summed E-state index contributed by atoms with van der Waals surface area (Å²) in [6.45, 7) is 4.58. The van der Waals surface area contributed by atoms with Crippen LogP contribution in [0.5, 0.6) is 0 Å². The van der Waals surface area contributed by atoms with E-state index < -0.39 is 15.9 Å². The third kappa shape index (κ3) is 5.68. The number of allylic oxidation sites excluding steroid dienone is 1. The third-order valence-electron chi connectivity index (χ3n) is 7.35. The van der Waals surface area contributed by atoms with E-state index in [2.05, 4.69) is 40.5 Å². The van der Waals surface area contributed by atoms with Crippen molar-refractivity contribution < 1.29 is 13.2 Å². The van der Waals surface area contributed by atoms with Crippen molar-refractivity contribution in [2.75, 3.05) is 38.2 Å². The molecule has 5 rings (SSSR count). The molecule has 37 heavy (non-hydrogen) atoms. The van der Waals surface area contributed by atoms with Crippen LogP contribution >= 0.6 is 23.1 Å². The van der Waals surface area contributed by atoms with Crippen LogP contribution < -0.4 is 5.73 Å². The number of aromatic amines is 1. The van der Waals surface area contributed by atoms with Crippen LogP contribution in [0.4, 0.5) is 0 Å². The highest BCUT2D eigenvalue weighted by atomic mass is 32.2. The van der Waals surface area contributed by atoms with Crippen LogP contribution in [0.15, 0.2) is 40.8 Å². The molecule has 0 radical (unpaired) electrons. The lowest BCUT2D eigenvalue weighted by Crippen LogP contribution is -2.38. The molecule has 0 aliphatic carbocycles. The highest BCUT2D eigenvalue weighted by Gasteiger charge is 2.29. The number of piperidine rings is 1. The van der Waals surface area contributed by atoms with Crippen molar-refractivity contribution in [3.05, 3.63) is 56.8 Å². The van der Waals surface area contributed by atoms with Gasteiger partial charge in [0, 0.05) is 48.4 Å². The Kier molecular flexibility index (Phi) is 7.83. The van der Waals surface area contributed by atoms with Crippen LogP contribution in [0, 0.1) is 0 Å². The van der Waals surface area contributed by atoms with Crippen LogP contribution in [0.3, 0.4) is 0 Å². The molecule has 1 amide bonds. The van der Waals surface area contributed by atoms with Gasteiger partial charge in [-0.3, -0.25) is 9.69 Å². The fourth-order valence-corrected chi connectivity index (χ4v) is 8.51. The molecule has 0 bridgehead atoms. The summed E-state index contributed by atoms with van der Waals surface area (Å²) in [5.74, 6) is 1.09. The Morgan fingerprint density at radius 1 is 1.19 bits per heavy atom. The number of H-pyrrole nitrogens is 1. The van der Waals surface area contributed by atoms with Crippen molar-refractivity contribution in [3.63, 3.8) is 0 Å². The Morgan fingerprint density at radius 2 is 1.97 bits per heavy atom. The number of carbonyl (C=O) groups is 1. The number of rotatable bonds is 9. The molecule has 2 aromatic heterocycles. The van der Waals surface area contributed by atoms with E-state index in [0.717, 1.165) is 53.5 Å². The molecule has 1 fully saturated rings. The SMILES string of the molecule is CCS(=O)(=O)N1CCC(c2c[nH]c3c(C(N)=O)cc(-c4csc(CN(C)CC5=CCCS5)c4)cc23)CC1. The lowest BCUT2D eigenvalue weighted by atomic mass is 9.88. The van der Waals surface area contributed by atoms with Crippen molar-refractivity contribution in [2.24, 2.45) is 5.73 Å². The van der Waals surface area contributed by atoms with Crippen LogP contribution in [0.2, 0.25) is 0 Å². The second-order valence-electron chi connectivity index (χ2n) is 9.91. The van der Waals surface area contributed by atoms with Crippen LogP contribution in [-0.4, -0.2) is 66.7 Å². The van der Waals surface area contributed by atoms with Gasteiger partial charge in [0.2, 0.25) is 10.0 Å². The van der Waals surface area contributed by atoms with Gasteiger partial charge in [0.05, 0.1) is 16.8 Å². The zero-order valence-electron chi connectivity index (χ0n) is 21.3. The smallest absolute Gasteiger partial charge is 0.250 e. The van der Waals surface area contributed by atoms with E-state index in [4.69, 9.17) is 5.73 Å². The summed E-state index contributed by atoms with van der Waals surface area (Å²) in [5, 5.41) is 3.15. The lowest BCUT2D eigenvalue weighted by Gasteiger charge is -2.31. The first kappa shape index (κ1) is 26.5. The average Bonchev–Trinajstić information content (AvgIpc) is 3.65. The molecule has 10 heteroatoms. The molecule has 3 aromatic rings. The maximum atomic E-state index is 12.4. The summed E-state index contributed by atoms with van der Waals surface area (Å²) in [4.78, 5) is 20.8. The Hall–Kier alpha value is -2.11. The number of likely N-dealkylation sites (N-methyl/N-ethyl adjacent to an activating group) is 1. The van der Waals surface area contributed by atoms with Gasteiger partial charge in [0.1, 0.15) is 0 Å². The monoisotopic (exact) mass is 558 g/mol. The van der Waals surface area contributed by atoms with Gasteiger partial charge in [0.25, 0.3) is 5.91 Å². The first-order chi connectivity index (χ1) is 17.7. The van der Waals surface area contributed by atoms with Crippen molar-refractivity contribution in [3.8, 4) is 11.1 Å². The standard InChI is InChI=1S/C27H34N4O3S3/c1-3-37(33,34)31-8-6-18(7-9-31)25-14-29-26-23(25)12-19(13-24(26)27(28)32)20-11-22(36-17-20)16-30(2)15-21-5-4-10-35-21/h5,11-14,17-18,29H,3-4,6-10,15-16H2,1-2H3,(H2,28,32). The Morgan fingerprint density at radius 3 is 2.65 bits per heavy atom. The second-order valence-corrected chi connectivity index (χ2v) is 14.4. The van der Waals surface area contributed by atoms with Crippen molar-refractivity contribution in [1.29, 1.82) is 0 Å². The molecule has 0 unspecified atom stereocenters. The number of hydrogen-bond donors (Lipinski definition) is 2. The number of thioether (sulfide) groups is 1. The van der Waals surface area contributed by atoms with Gasteiger partial charge >= 0.3 is 0 Å². The molecule has 4 heterocycles. The number of nitrogens with zero attached hydrogens (tertiary/aromatic N) is 2. The minimum atomic E-state index is -3.17. The van der Waals surface area contributed by atoms with Crippen molar-refractivity contribution >= 4 is 49.9 Å². The Balaban J connectivity index is 1.40. The summed E-state index contributed by atoms with van der Waals surface area (Å²) in [6.07, 6.45) is 6.99. The summed E-state index contributed by atoms with van der Waals surface area (Å²) in [6, 6.07) is 6.25. The maximum Gasteiger partial charge on any atom is 0.250 e. The fourth-order valence-electron chi connectivity index (χ4n) is 5.36. The molecule has 198 valence electrons. The van der Waals surface area contributed by atoms with Gasteiger partial charge in [-0.25, -0.2) is 12.7 Å². The first-order valence-electron chi connectivity index (χ1n) is 12.8. The zero-order chi connectivity index (χ0) is 26.2. The maximum absolute atomic E-state index is 12.4. The molecule has 0 spiro atoms. The quantitative estimate of drug-likeness (QED) is 0.386. The fraction of sp³-hybridized carbons (Fsp3) is 0.444. The van der Waals surface area contributed by atoms with Crippen LogP contribution in [0.1, 0.15) is 52.9 Å². The number of primary amides is 1. The highest BCUT2D eigenvalue weighted by Crippen LogP contribution is 2.38. The van der Waals surface area contributed by atoms with Gasteiger partial charge < -0.3 is 10.7 Å². The second kappa shape index (κ2) is 10.9. The summed E-state index contributed by atoms with van der Waals surface area (Å²) < 4.78 is 26.2. The van der Waals surface area contributed by atoms with E-state index >= 15 is 0 Å². The highest BCUT2D eigenvalue weighted by molar-refractivity contribution is 8.03. The molecule has 2 aliphatic rings. The van der Waals surface area contributed by atoms with E-state index in [9.17, 15) is 13.2 Å². The normalized spacial score (nSPS) is 17.6. The average molecular weight is 559 g/mol. The minimum Gasteiger partial charge on any atom is -0.366 e. The largest absolute Gasteiger partial charge is 0.366 e. The number of nitrogens with two attached hydrogens (primary N) is 1. The first-order valence-corrected chi connectivity index (χ1v) is 16.2. The summed E-state index contributed by atoms with van der Waals surface area (Å²) in [7, 11) is -1.02. The molecule has 0 atom stereocenters. The minimum absolute atomic E-state index is 0.130. The number of hydrogen-bond acceptors (Lipinski definition) is 6.